The number of rotatable bonds is 5. The maximum absolute atomic E-state index is 13.3. The number of fused-ring (bicyclic) bond motifs is 1. The molecule has 1 amide bonds. The van der Waals surface area contributed by atoms with E-state index in [9.17, 15) is 14.4 Å². The molecule has 31 heavy (non-hydrogen) atoms. The van der Waals surface area contributed by atoms with Crippen LogP contribution in [0.5, 0.6) is 0 Å². The largest absolute Gasteiger partial charge is 0.350 e. The van der Waals surface area contributed by atoms with Crippen LogP contribution in [-0.4, -0.2) is 15.0 Å². The fourth-order valence-electron chi connectivity index (χ4n) is 3.44. The van der Waals surface area contributed by atoms with Crippen molar-refractivity contribution in [2.75, 3.05) is 0 Å². The zero-order chi connectivity index (χ0) is 22.1. The molecule has 1 N–H and O–H groups in total. The van der Waals surface area contributed by atoms with E-state index in [-0.39, 0.29) is 18.0 Å². The Hall–Kier alpha value is -3.45. The highest BCUT2D eigenvalue weighted by Crippen LogP contribution is 2.17. The maximum atomic E-state index is 13.3. The summed E-state index contributed by atoms with van der Waals surface area (Å²) in [6.45, 7) is 6.12. The van der Waals surface area contributed by atoms with Gasteiger partial charge >= 0.3 is 5.69 Å². The topological polar surface area (TPSA) is 73.1 Å². The summed E-state index contributed by atoms with van der Waals surface area (Å²) >= 11 is 1.27. The van der Waals surface area contributed by atoms with Gasteiger partial charge in [-0.3, -0.25) is 14.2 Å². The molecule has 0 atom stereocenters. The molecule has 0 unspecified atom stereocenters. The molecule has 0 saturated heterocycles. The van der Waals surface area contributed by atoms with Crippen molar-refractivity contribution < 1.29 is 4.79 Å². The standard InChI is InChI=1S/C24H23N3O3S/c1-15-4-7-18(8-5-15)13-25-21(28)14-26-20-10-11-31-22(20)23(29)27(24(26)30)19-9-6-16(2)17(3)12-19/h4-12H,13-14H2,1-3H3,(H,25,28). The number of carbonyl (C=O) groups excluding carboxylic acids is 1. The van der Waals surface area contributed by atoms with Crippen molar-refractivity contribution in [2.45, 2.75) is 33.9 Å². The molecular formula is C24H23N3O3S. The molecule has 2 aromatic carbocycles. The number of benzene rings is 2. The van der Waals surface area contributed by atoms with Gasteiger partial charge in [0.05, 0.1) is 11.2 Å². The van der Waals surface area contributed by atoms with Gasteiger partial charge in [0.25, 0.3) is 5.56 Å². The Balaban J connectivity index is 1.70. The van der Waals surface area contributed by atoms with Crippen LogP contribution in [0.3, 0.4) is 0 Å². The van der Waals surface area contributed by atoms with Gasteiger partial charge < -0.3 is 5.32 Å². The van der Waals surface area contributed by atoms with E-state index < -0.39 is 5.69 Å². The van der Waals surface area contributed by atoms with Gasteiger partial charge in [0.15, 0.2) is 0 Å². The summed E-state index contributed by atoms with van der Waals surface area (Å²) in [4.78, 5) is 39.0. The van der Waals surface area contributed by atoms with E-state index in [1.807, 2.05) is 57.2 Å². The van der Waals surface area contributed by atoms with Crippen molar-refractivity contribution in [2.24, 2.45) is 0 Å². The molecule has 0 saturated carbocycles. The predicted octanol–water partition coefficient (Wildman–Crippen LogP) is 3.46. The van der Waals surface area contributed by atoms with Gasteiger partial charge in [-0.25, -0.2) is 9.36 Å². The van der Waals surface area contributed by atoms with Crippen LogP contribution in [-0.2, 0) is 17.9 Å². The van der Waals surface area contributed by atoms with Crippen LogP contribution < -0.4 is 16.6 Å². The first kappa shape index (κ1) is 20.8. The van der Waals surface area contributed by atoms with Gasteiger partial charge in [-0.05, 0) is 61.0 Å². The van der Waals surface area contributed by atoms with Gasteiger partial charge in [-0.2, -0.15) is 0 Å². The fraction of sp³-hybridized carbons (Fsp3) is 0.208. The molecule has 6 nitrogen and oxygen atoms in total. The summed E-state index contributed by atoms with van der Waals surface area (Å²) in [7, 11) is 0. The van der Waals surface area contributed by atoms with E-state index in [1.165, 1.54) is 15.9 Å². The van der Waals surface area contributed by atoms with E-state index in [0.29, 0.717) is 22.4 Å². The van der Waals surface area contributed by atoms with E-state index >= 15 is 0 Å². The Bertz CT molecular complexity index is 1390. The third-order valence-electron chi connectivity index (χ3n) is 5.42. The molecule has 0 spiro atoms. The number of nitrogens with zero attached hydrogens (tertiary/aromatic N) is 2. The Morgan fingerprint density at radius 1 is 0.968 bits per heavy atom. The lowest BCUT2D eigenvalue weighted by atomic mass is 10.1. The van der Waals surface area contributed by atoms with Crippen LogP contribution in [0.2, 0.25) is 0 Å². The van der Waals surface area contributed by atoms with E-state index in [0.717, 1.165) is 26.8 Å². The fourth-order valence-corrected chi connectivity index (χ4v) is 4.26. The minimum Gasteiger partial charge on any atom is -0.350 e. The minimum atomic E-state index is -0.523. The van der Waals surface area contributed by atoms with Gasteiger partial charge in [-0.1, -0.05) is 35.9 Å². The predicted molar refractivity (Wildman–Crippen MR) is 124 cm³/mol. The van der Waals surface area contributed by atoms with Gasteiger partial charge in [0, 0.05) is 6.54 Å². The molecule has 0 aliphatic rings. The lowest BCUT2D eigenvalue weighted by molar-refractivity contribution is -0.121. The van der Waals surface area contributed by atoms with Crippen LogP contribution >= 0.6 is 11.3 Å². The molecule has 0 bridgehead atoms. The normalized spacial score (nSPS) is 11.1. The van der Waals surface area contributed by atoms with Crippen LogP contribution in [0.25, 0.3) is 15.9 Å². The van der Waals surface area contributed by atoms with Crippen LogP contribution in [0.15, 0.2) is 63.5 Å². The van der Waals surface area contributed by atoms with Gasteiger partial charge in [0.2, 0.25) is 5.91 Å². The van der Waals surface area contributed by atoms with E-state index in [1.54, 1.807) is 17.5 Å². The molecule has 4 aromatic rings. The average molecular weight is 434 g/mol. The Morgan fingerprint density at radius 3 is 2.42 bits per heavy atom. The minimum absolute atomic E-state index is 0.164. The Labute approximate surface area is 183 Å². The van der Waals surface area contributed by atoms with Crippen molar-refractivity contribution >= 4 is 27.5 Å². The molecule has 0 aliphatic heterocycles. The van der Waals surface area contributed by atoms with E-state index in [4.69, 9.17) is 0 Å². The zero-order valence-corrected chi connectivity index (χ0v) is 18.5. The zero-order valence-electron chi connectivity index (χ0n) is 17.6. The Morgan fingerprint density at radius 2 is 1.71 bits per heavy atom. The van der Waals surface area contributed by atoms with Crippen LogP contribution in [0.1, 0.15) is 22.3 Å². The highest BCUT2D eigenvalue weighted by Gasteiger charge is 2.17. The first-order chi connectivity index (χ1) is 14.8. The highest BCUT2D eigenvalue weighted by atomic mass is 32.1. The lowest BCUT2D eigenvalue weighted by Crippen LogP contribution is -2.41. The number of carbonyl (C=O) groups is 1. The molecule has 7 heteroatoms. The summed E-state index contributed by atoms with van der Waals surface area (Å²) in [5, 5.41) is 4.62. The quantitative estimate of drug-likeness (QED) is 0.524. The summed E-state index contributed by atoms with van der Waals surface area (Å²) in [5.74, 6) is -0.291. The molecule has 0 aliphatic carbocycles. The third-order valence-corrected chi connectivity index (χ3v) is 6.31. The summed E-state index contributed by atoms with van der Waals surface area (Å²) in [6, 6.07) is 15.1. The Kier molecular flexibility index (Phi) is 5.61. The second-order valence-corrected chi connectivity index (χ2v) is 8.59. The van der Waals surface area contributed by atoms with E-state index in [2.05, 4.69) is 5.32 Å². The van der Waals surface area contributed by atoms with Crippen molar-refractivity contribution in [3.05, 3.63) is 97.0 Å². The molecule has 2 heterocycles. The van der Waals surface area contributed by atoms with Crippen molar-refractivity contribution in [1.29, 1.82) is 0 Å². The molecular weight excluding hydrogens is 410 g/mol. The lowest BCUT2D eigenvalue weighted by Gasteiger charge is -2.13. The number of aryl methyl sites for hydroxylation is 3. The summed E-state index contributed by atoms with van der Waals surface area (Å²) in [5.41, 5.74) is 4.27. The van der Waals surface area contributed by atoms with Crippen molar-refractivity contribution in [3.63, 3.8) is 0 Å². The average Bonchev–Trinajstić information content (AvgIpc) is 3.23. The van der Waals surface area contributed by atoms with Gasteiger partial charge in [0.1, 0.15) is 11.2 Å². The third kappa shape index (κ3) is 4.09. The van der Waals surface area contributed by atoms with Crippen LogP contribution in [0.4, 0.5) is 0 Å². The first-order valence-electron chi connectivity index (χ1n) is 9.98. The SMILES string of the molecule is Cc1ccc(CNC(=O)Cn2c(=O)n(-c3ccc(C)c(C)c3)c(=O)c3sccc32)cc1. The second kappa shape index (κ2) is 8.35. The van der Waals surface area contributed by atoms with Crippen molar-refractivity contribution in [3.8, 4) is 5.69 Å². The number of hydrogen-bond donors (Lipinski definition) is 1. The highest BCUT2D eigenvalue weighted by molar-refractivity contribution is 7.17. The smallest absolute Gasteiger partial charge is 0.336 e. The molecule has 4 rings (SSSR count). The van der Waals surface area contributed by atoms with Gasteiger partial charge in [-0.15, -0.1) is 11.3 Å². The van der Waals surface area contributed by atoms with Crippen LogP contribution in [0, 0.1) is 20.8 Å². The van der Waals surface area contributed by atoms with Crippen molar-refractivity contribution in [1.82, 2.24) is 14.5 Å². The molecule has 158 valence electrons. The number of hydrogen-bond acceptors (Lipinski definition) is 4. The number of aromatic nitrogens is 2. The summed E-state index contributed by atoms with van der Waals surface area (Å²) < 4.78 is 2.97. The molecule has 0 fully saturated rings. The number of nitrogens with one attached hydrogen (secondary N) is 1. The maximum Gasteiger partial charge on any atom is 0.336 e. The second-order valence-electron chi connectivity index (χ2n) is 7.68. The number of amides is 1. The first-order valence-corrected chi connectivity index (χ1v) is 10.9. The summed E-state index contributed by atoms with van der Waals surface area (Å²) in [6.07, 6.45) is 0. The monoisotopic (exact) mass is 433 g/mol. The number of thiophene rings is 1. The molecule has 2 aromatic heterocycles. The molecule has 0 radical (unpaired) electrons.